The second kappa shape index (κ2) is 9.98. The third kappa shape index (κ3) is 5.20. The summed E-state index contributed by atoms with van der Waals surface area (Å²) in [7, 11) is 0. The quantitative estimate of drug-likeness (QED) is 0.484. The molecule has 2 amide bonds. The molecule has 3 aromatic carbocycles. The van der Waals surface area contributed by atoms with Crippen LogP contribution >= 0.6 is 35.1 Å². The van der Waals surface area contributed by atoms with Crippen molar-refractivity contribution in [1.29, 1.82) is 0 Å². The van der Waals surface area contributed by atoms with Crippen molar-refractivity contribution in [3.63, 3.8) is 0 Å². The van der Waals surface area contributed by atoms with Gasteiger partial charge in [-0.2, -0.15) is 11.8 Å². The fraction of sp³-hybridized carbons (Fsp3) is 0.250. The van der Waals surface area contributed by atoms with Crippen molar-refractivity contribution in [1.82, 2.24) is 4.90 Å². The standard InChI is InChI=1S/C24H23ClN2O2S2/c1-16-14-18(24(29)27-10-12-30-13-11-27)8-9-20(16)26-22(28)15-31-21-7-3-5-17-4-2-6-19(25)23(17)21/h2-9,14H,10-13,15H2,1H3,(H,26,28). The van der Waals surface area contributed by atoms with E-state index < -0.39 is 0 Å². The second-order valence-electron chi connectivity index (χ2n) is 7.37. The van der Waals surface area contributed by atoms with Gasteiger partial charge in [0.2, 0.25) is 5.91 Å². The van der Waals surface area contributed by atoms with Gasteiger partial charge in [-0.25, -0.2) is 0 Å². The Morgan fingerprint density at radius 1 is 1.10 bits per heavy atom. The molecule has 1 saturated heterocycles. The molecule has 7 heteroatoms. The third-order valence-corrected chi connectivity index (χ3v) is 7.54. The molecule has 4 rings (SSSR count). The highest BCUT2D eigenvalue weighted by atomic mass is 35.5. The van der Waals surface area contributed by atoms with Gasteiger partial charge in [0.25, 0.3) is 5.91 Å². The van der Waals surface area contributed by atoms with Crippen molar-refractivity contribution in [3.05, 3.63) is 70.7 Å². The molecule has 0 atom stereocenters. The van der Waals surface area contributed by atoms with E-state index in [9.17, 15) is 9.59 Å². The number of fused-ring (bicyclic) bond motifs is 1. The summed E-state index contributed by atoms with van der Waals surface area (Å²) in [6.45, 7) is 3.49. The third-order valence-electron chi connectivity index (χ3n) is 5.22. The number of benzene rings is 3. The van der Waals surface area contributed by atoms with Crippen LogP contribution in [-0.4, -0.2) is 47.1 Å². The zero-order chi connectivity index (χ0) is 21.8. The number of halogens is 1. The van der Waals surface area contributed by atoms with Crippen LogP contribution in [0.5, 0.6) is 0 Å². The van der Waals surface area contributed by atoms with Gasteiger partial charge in [0.15, 0.2) is 0 Å². The molecule has 160 valence electrons. The molecule has 1 aliphatic heterocycles. The Hall–Kier alpha value is -2.15. The predicted molar refractivity (Wildman–Crippen MR) is 133 cm³/mol. The van der Waals surface area contributed by atoms with Crippen LogP contribution < -0.4 is 5.32 Å². The minimum absolute atomic E-state index is 0.0599. The summed E-state index contributed by atoms with van der Waals surface area (Å²) in [6, 6.07) is 17.2. The van der Waals surface area contributed by atoms with E-state index in [0.717, 1.165) is 51.5 Å². The Labute approximate surface area is 195 Å². The normalized spacial score (nSPS) is 13.9. The molecule has 0 bridgehead atoms. The topological polar surface area (TPSA) is 49.4 Å². The van der Waals surface area contributed by atoms with E-state index in [4.69, 9.17) is 11.6 Å². The maximum atomic E-state index is 12.7. The molecule has 0 saturated carbocycles. The number of carbonyl (C=O) groups is 2. The molecular weight excluding hydrogens is 448 g/mol. The van der Waals surface area contributed by atoms with Crippen LogP contribution in [0.3, 0.4) is 0 Å². The van der Waals surface area contributed by atoms with Crippen LogP contribution in [0.15, 0.2) is 59.5 Å². The molecule has 0 spiro atoms. The number of aryl methyl sites for hydroxylation is 1. The molecule has 1 fully saturated rings. The number of anilines is 1. The maximum Gasteiger partial charge on any atom is 0.253 e. The Morgan fingerprint density at radius 3 is 2.58 bits per heavy atom. The van der Waals surface area contributed by atoms with E-state index in [1.165, 1.54) is 11.8 Å². The lowest BCUT2D eigenvalue weighted by Crippen LogP contribution is -2.37. The van der Waals surface area contributed by atoms with E-state index in [1.54, 1.807) is 6.07 Å². The van der Waals surface area contributed by atoms with E-state index in [1.807, 2.05) is 72.1 Å². The van der Waals surface area contributed by atoms with Crippen LogP contribution in [0.25, 0.3) is 10.8 Å². The number of hydrogen-bond acceptors (Lipinski definition) is 4. The summed E-state index contributed by atoms with van der Waals surface area (Å²) in [5.41, 5.74) is 2.28. The molecule has 0 unspecified atom stereocenters. The van der Waals surface area contributed by atoms with Gasteiger partial charge < -0.3 is 10.2 Å². The van der Waals surface area contributed by atoms with Gasteiger partial charge in [-0.1, -0.05) is 35.9 Å². The number of rotatable bonds is 5. The molecule has 0 aromatic heterocycles. The first-order valence-corrected chi connectivity index (χ1v) is 12.6. The Kier molecular flexibility index (Phi) is 7.10. The first-order valence-electron chi connectivity index (χ1n) is 10.1. The fourth-order valence-electron chi connectivity index (χ4n) is 3.60. The second-order valence-corrected chi connectivity index (χ2v) is 10.0. The molecule has 3 aromatic rings. The van der Waals surface area contributed by atoms with Gasteiger partial charge in [-0.15, -0.1) is 11.8 Å². The average molecular weight is 471 g/mol. The van der Waals surface area contributed by atoms with Crippen LogP contribution in [0, 0.1) is 6.92 Å². The van der Waals surface area contributed by atoms with Crippen LogP contribution in [0.4, 0.5) is 5.69 Å². The molecule has 1 aliphatic rings. The van der Waals surface area contributed by atoms with E-state index in [2.05, 4.69) is 5.32 Å². The smallest absolute Gasteiger partial charge is 0.253 e. The molecule has 4 nitrogen and oxygen atoms in total. The highest BCUT2D eigenvalue weighted by molar-refractivity contribution is 8.00. The fourth-order valence-corrected chi connectivity index (χ4v) is 5.75. The van der Waals surface area contributed by atoms with Gasteiger partial charge in [-0.3, -0.25) is 9.59 Å². The lowest BCUT2D eigenvalue weighted by Gasteiger charge is -2.26. The first kappa shape index (κ1) is 22.1. The van der Waals surface area contributed by atoms with E-state index in [-0.39, 0.29) is 17.6 Å². The van der Waals surface area contributed by atoms with E-state index >= 15 is 0 Å². The van der Waals surface area contributed by atoms with Crippen molar-refractivity contribution in [2.75, 3.05) is 35.7 Å². The summed E-state index contributed by atoms with van der Waals surface area (Å²) < 4.78 is 0. The Balaban J connectivity index is 1.40. The zero-order valence-electron chi connectivity index (χ0n) is 17.2. The number of nitrogens with one attached hydrogen (secondary N) is 1. The largest absolute Gasteiger partial charge is 0.337 e. The number of amides is 2. The summed E-state index contributed by atoms with van der Waals surface area (Å²) in [5.74, 6) is 2.21. The number of carbonyl (C=O) groups excluding carboxylic acids is 2. The number of thioether (sulfide) groups is 2. The van der Waals surface area contributed by atoms with Gasteiger partial charge in [0, 0.05) is 51.2 Å². The number of nitrogens with zero attached hydrogens (tertiary/aromatic N) is 1. The molecule has 0 aliphatic carbocycles. The minimum atomic E-state index is -0.0933. The van der Waals surface area contributed by atoms with Crippen molar-refractivity contribution in [2.24, 2.45) is 0 Å². The predicted octanol–water partition coefficient (Wildman–Crippen LogP) is 5.72. The monoisotopic (exact) mass is 470 g/mol. The summed E-state index contributed by atoms with van der Waals surface area (Å²) in [4.78, 5) is 28.2. The summed E-state index contributed by atoms with van der Waals surface area (Å²) in [5, 5.41) is 5.68. The van der Waals surface area contributed by atoms with Gasteiger partial charge in [-0.05, 0) is 48.2 Å². The van der Waals surface area contributed by atoms with Crippen LogP contribution in [-0.2, 0) is 4.79 Å². The highest BCUT2D eigenvalue weighted by Crippen LogP contribution is 2.33. The Bertz CT molecular complexity index is 1120. The summed E-state index contributed by atoms with van der Waals surface area (Å²) >= 11 is 9.72. The SMILES string of the molecule is Cc1cc(C(=O)N2CCSCC2)ccc1NC(=O)CSc1cccc2cccc(Cl)c12. The Morgan fingerprint density at radius 2 is 1.84 bits per heavy atom. The molecule has 0 radical (unpaired) electrons. The molecule has 31 heavy (non-hydrogen) atoms. The number of hydrogen-bond donors (Lipinski definition) is 1. The van der Waals surface area contributed by atoms with Crippen molar-refractivity contribution in [2.45, 2.75) is 11.8 Å². The lowest BCUT2D eigenvalue weighted by molar-refractivity contribution is -0.113. The van der Waals surface area contributed by atoms with Crippen molar-refractivity contribution >= 4 is 63.4 Å². The van der Waals surface area contributed by atoms with Crippen molar-refractivity contribution in [3.8, 4) is 0 Å². The van der Waals surface area contributed by atoms with Crippen LogP contribution in [0.1, 0.15) is 15.9 Å². The van der Waals surface area contributed by atoms with Gasteiger partial charge >= 0.3 is 0 Å². The molecular formula is C24H23ClN2O2S2. The van der Waals surface area contributed by atoms with E-state index in [0.29, 0.717) is 10.6 Å². The summed E-state index contributed by atoms with van der Waals surface area (Å²) in [6.07, 6.45) is 0. The zero-order valence-corrected chi connectivity index (χ0v) is 19.6. The maximum absolute atomic E-state index is 12.7. The molecule has 1 N–H and O–H groups in total. The average Bonchev–Trinajstić information content (AvgIpc) is 2.79. The van der Waals surface area contributed by atoms with Gasteiger partial charge in [0.1, 0.15) is 0 Å². The minimum Gasteiger partial charge on any atom is -0.337 e. The van der Waals surface area contributed by atoms with Crippen LogP contribution in [0.2, 0.25) is 5.02 Å². The lowest BCUT2D eigenvalue weighted by atomic mass is 10.1. The van der Waals surface area contributed by atoms with Crippen molar-refractivity contribution < 1.29 is 9.59 Å². The van der Waals surface area contributed by atoms with Gasteiger partial charge in [0.05, 0.1) is 5.75 Å². The first-order chi connectivity index (χ1) is 15.0. The highest BCUT2D eigenvalue weighted by Gasteiger charge is 2.19. The molecule has 1 heterocycles.